The van der Waals surface area contributed by atoms with Crippen molar-refractivity contribution in [2.75, 3.05) is 6.16 Å². The van der Waals surface area contributed by atoms with E-state index in [2.05, 4.69) is 0 Å². The Kier molecular flexibility index (Phi) is 8.65. The minimum absolute atomic E-state index is 0.202. The molecule has 2 aromatic carbocycles. The Bertz CT molecular complexity index is 889. The number of aryl methyl sites for hydroxylation is 2. The quantitative estimate of drug-likeness (QED) is 0.351. The van der Waals surface area contributed by atoms with Crippen molar-refractivity contribution in [2.45, 2.75) is 61.3 Å². The van der Waals surface area contributed by atoms with Gasteiger partial charge in [-0.25, -0.2) is 0 Å². The molecule has 0 unspecified atom stereocenters. The second-order valence-electron chi connectivity index (χ2n) is 7.58. The maximum absolute atomic E-state index is 11.2. The van der Waals surface area contributed by atoms with Gasteiger partial charge < -0.3 is 20.6 Å². The lowest BCUT2D eigenvalue weighted by Gasteiger charge is -2.30. The zero-order chi connectivity index (χ0) is 21.7. The standard InChI is InChI=1S/C21H29ClNO4PS/c1-3-9-21(23,11-12-28(25,26)27)10-8-16-5-6-17(14-18(16)22)29-20-13-15(2)4-7-19(20)24/h4-7,13-14,24H,3,8-12,23H2,1-2H3,(H2,25,26,27)/t21-/m0/s1. The molecular weight excluding hydrogens is 429 g/mol. The fourth-order valence-corrected chi connectivity index (χ4v) is 5.31. The minimum atomic E-state index is -4.07. The van der Waals surface area contributed by atoms with E-state index in [0.717, 1.165) is 27.3 Å². The van der Waals surface area contributed by atoms with Gasteiger partial charge in [0.15, 0.2) is 0 Å². The number of benzene rings is 2. The molecule has 0 spiro atoms. The van der Waals surface area contributed by atoms with E-state index in [0.29, 0.717) is 24.3 Å². The van der Waals surface area contributed by atoms with Crippen LogP contribution in [0.2, 0.25) is 5.02 Å². The summed E-state index contributed by atoms with van der Waals surface area (Å²) in [6.07, 6.45) is 2.87. The summed E-state index contributed by atoms with van der Waals surface area (Å²) in [6.45, 7) is 3.99. The number of hydrogen-bond acceptors (Lipinski definition) is 4. The first-order chi connectivity index (χ1) is 13.5. The molecule has 0 amide bonds. The molecule has 2 rings (SSSR count). The number of aromatic hydroxyl groups is 1. The van der Waals surface area contributed by atoms with Crippen LogP contribution in [0, 0.1) is 6.92 Å². The highest BCUT2D eigenvalue weighted by Crippen LogP contribution is 2.39. The fraction of sp³-hybridized carbons (Fsp3) is 0.429. The number of nitrogens with two attached hydrogens (primary N) is 1. The summed E-state index contributed by atoms with van der Waals surface area (Å²) in [5, 5.41) is 10.7. The molecule has 0 aliphatic heterocycles. The molecule has 0 aliphatic carbocycles. The van der Waals surface area contributed by atoms with E-state index in [1.165, 1.54) is 11.8 Å². The molecule has 0 radical (unpaired) electrons. The zero-order valence-corrected chi connectivity index (χ0v) is 19.2. The molecule has 0 fully saturated rings. The second kappa shape index (κ2) is 10.3. The van der Waals surface area contributed by atoms with Crippen LogP contribution >= 0.6 is 31.0 Å². The molecule has 0 heterocycles. The highest BCUT2D eigenvalue weighted by molar-refractivity contribution is 7.99. The van der Waals surface area contributed by atoms with Gasteiger partial charge in [0.05, 0.1) is 11.1 Å². The van der Waals surface area contributed by atoms with Gasteiger partial charge in [-0.2, -0.15) is 0 Å². The Labute approximate surface area is 181 Å². The Morgan fingerprint density at radius 3 is 2.48 bits per heavy atom. The van der Waals surface area contributed by atoms with Gasteiger partial charge in [0.1, 0.15) is 5.75 Å². The summed E-state index contributed by atoms with van der Waals surface area (Å²) in [7, 11) is -4.07. The lowest BCUT2D eigenvalue weighted by molar-refractivity contribution is 0.326. The van der Waals surface area contributed by atoms with E-state index in [1.54, 1.807) is 6.07 Å². The number of halogens is 1. The largest absolute Gasteiger partial charge is 0.507 e. The molecular formula is C21H29ClNO4PS. The van der Waals surface area contributed by atoms with Crippen LogP contribution in [-0.4, -0.2) is 26.6 Å². The molecule has 5 nitrogen and oxygen atoms in total. The molecule has 0 bridgehead atoms. The Morgan fingerprint density at radius 1 is 1.14 bits per heavy atom. The molecule has 0 saturated heterocycles. The van der Waals surface area contributed by atoms with Crippen molar-refractivity contribution in [3.05, 3.63) is 52.5 Å². The molecule has 1 atom stereocenters. The van der Waals surface area contributed by atoms with Crippen LogP contribution in [0.15, 0.2) is 46.2 Å². The molecule has 2 aromatic rings. The van der Waals surface area contributed by atoms with E-state index in [-0.39, 0.29) is 18.3 Å². The summed E-state index contributed by atoms with van der Waals surface area (Å²) in [5.41, 5.74) is 7.85. The zero-order valence-electron chi connectivity index (χ0n) is 16.8. The van der Waals surface area contributed by atoms with Gasteiger partial charge in [-0.3, -0.25) is 4.57 Å². The van der Waals surface area contributed by atoms with Crippen LogP contribution in [0.1, 0.15) is 43.7 Å². The summed E-state index contributed by atoms with van der Waals surface area (Å²) >= 11 is 7.93. The van der Waals surface area contributed by atoms with Crippen LogP contribution < -0.4 is 5.73 Å². The van der Waals surface area contributed by atoms with Crippen molar-refractivity contribution in [3.63, 3.8) is 0 Å². The van der Waals surface area contributed by atoms with E-state index in [1.807, 2.05) is 44.2 Å². The van der Waals surface area contributed by atoms with Crippen LogP contribution in [0.4, 0.5) is 0 Å². The Hall–Kier alpha value is -1.01. The third-order valence-electron chi connectivity index (χ3n) is 4.91. The predicted molar refractivity (Wildman–Crippen MR) is 120 cm³/mol. The summed E-state index contributed by atoms with van der Waals surface area (Å²) in [6, 6.07) is 11.2. The highest BCUT2D eigenvalue weighted by Gasteiger charge is 2.27. The monoisotopic (exact) mass is 457 g/mol. The Morgan fingerprint density at radius 2 is 1.86 bits per heavy atom. The number of phenolic OH excluding ortho intramolecular Hbond substituents is 1. The summed E-state index contributed by atoms with van der Waals surface area (Å²) in [4.78, 5) is 20.1. The van der Waals surface area contributed by atoms with Crippen LogP contribution in [0.25, 0.3) is 0 Å². The van der Waals surface area contributed by atoms with Crippen molar-refractivity contribution < 1.29 is 19.5 Å². The highest BCUT2D eigenvalue weighted by atomic mass is 35.5. The van der Waals surface area contributed by atoms with Crippen LogP contribution in [-0.2, 0) is 11.0 Å². The third kappa shape index (κ3) is 7.97. The molecule has 0 aliphatic rings. The SMILES string of the molecule is CCC[C@](N)(CCc1ccc(Sc2cc(C)ccc2O)cc1Cl)CCP(=O)(O)O. The lowest BCUT2D eigenvalue weighted by atomic mass is 9.85. The van der Waals surface area contributed by atoms with Gasteiger partial charge in [0.2, 0.25) is 0 Å². The van der Waals surface area contributed by atoms with E-state index < -0.39 is 13.1 Å². The van der Waals surface area contributed by atoms with Gasteiger partial charge in [-0.1, -0.05) is 48.8 Å². The van der Waals surface area contributed by atoms with Crippen LogP contribution in [0.3, 0.4) is 0 Å². The maximum atomic E-state index is 11.2. The molecule has 0 aromatic heterocycles. The van der Waals surface area contributed by atoms with Crippen molar-refractivity contribution >= 4 is 31.0 Å². The third-order valence-corrected chi connectivity index (χ3v) is 7.10. The average molecular weight is 458 g/mol. The van der Waals surface area contributed by atoms with Gasteiger partial charge in [0, 0.05) is 15.5 Å². The van der Waals surface area contributed by atoms with Gasteiger partial charge in [-0.05, 0) is 68.0 Å². The van der Waals surface area contributed by atoms with E-state index >= 15 is 0 Å². The molecule has 160 valence electrons. The van der Waals surface area contributed by atoms with E-state index in [4.69, 9.17) is 17.3 Å². The first-order valence-electron chi connectivity index (χ1n) is 9.61. The number of hydrogen-bond donors (Lipinski definition) is 4. The van der Waals surface area contributed by atoms with Crippen molar-refractivity contribution in [1.82, 2.24) is 0 Å². The predicted octanol–water partition coefficient (Wildman–Crippen LogP) is 5.50. The normalized spacial score (nSPS) is 14.0. The first-order valence-corrected chi connectivity index (χ1v) is 12.6. The lowest BCUT2D eigenvalue weighted by Crippen LogP contribution is -2.41. The first kappa shape index (κ1) is 24.3. The van der Waals surface area contributed by atoms with Crippen molar-refractivity contribution in [3.8, 4) is 5.75 Å². The van der Waals surface area contributed by atoms with E-state index in [9.17, 15) is 19.5 Å². The Balaban J connectivity index is 2.07. The van der Waals surface area contributed by atoms with Gasteiger partial charge >= 0.3 is 7.60 Å². The van der Waals surface area contributed by atoms with Gasteiger partial charge in [-0.15, -0.1) is 0 Å². The minimum Gasteiger partial charge on any atom is -0.507 e. The average Bonchev–Trinajstić information content (AvgIpc) is 2.62. The summed E-state index contributed by atoms with van der Waals surface area (Å²) < 4.78 is 11.2. The molecule has 8 heteroatoms. The van der Waals surface area contributed by atoms with Crippen LogP contribution in [0.5, 0.6) is 5.75 Å². The smallest absolute Gasteiger partial charge is 0.325 e. The molecule has 0 saturated carbocycles. The summed E-state index contributed by atoms with van der Waals surface area (Å²) in [5.74, 6) is 0.235. The molecule has 5 N–H and O–H groups in total. The fourth-order valence-electron chi connectivity index (χ4n) is 3.25. The van der Waals surface area contributed by atoms with Gasteiger partial charge in [0.25, 0.3) is 0 Å². The second-order valence-corrected chi connectivity index (χ2v) is 10.9. The number of rotatable bonds is 10. The van der Waals surface area contributed by atoms with Crippen molar-refractivity contribution in [2.24, 2.45) is 5.73 Å². The maximum Gasteiger partial charge on any atom is 0.325 e. The number of phenols is 1. The molecule has 29 heavy (non-hydrogen) atoms. The van der Waals surface area contributed by atoms with Crippen molar-refractivity contribution in [1.29, 1.82) is 0 Å². The topological polar surface area (TPSA) is 104 Å².